The van der Waals surface area contributed by atoms with Crippen LogP contribution in [0.25, 0.3) is 0 Å². The predicted molar refractivity (Wildman–Crippen MR) is 60.9 cm³/mol. The first-order valence-electron chi connectivity index (χ1n) is 5.88. The summed E-state index contributed by atoms with van der Waals surface area (Å²) in [7, 11) is 0. The standard InChI is InChI=1S/C11H22N2O3/c12-9-11(2-1-3-11)8-10(15)13-4-6-16-7-5-14/h14H,1-9,12H2,(H,13,15). The smallest absolute Gasteiger partial charge is 0.220 e. The van der Waals surface area contributed by atoms with Gasteiger partial charge in [0.1, 0.15) is 0 Å². The first-order valence-corrected chi connectivity index (χ1v) is 5.88. The molecule has 5 heteroatoms. The van der Waals surface area contributed by atoms with Gasteiger partial charge in [0.2, 0.25) is 5.91 Å². The van der Waals surface area contributed by atoms with Gasteiger partial charge in [-0.3, -0.25) is 4.79 Å². The van der Waals surface area contributed by atoms with E-state index in [2.05, 4.69) is 5.32 Å². The second-order valence-corrected chi connectivity index (χ2v) is 4.42. The molecule has 0 saturated heterocycles. The van der Waals surface area contributed by atoms with Crippen molar-refractivity contribution in [3.8, 4) is 0 Å². The number of carbonyl (C=O) groups excluding carboxylic acids is 1. The maximum atomic E-state index is 11.6. The molecule has 0 aliphatic heterocycles. The van der Waals surface area contributed by atoms with E-state index < -0.39 is 0 Å². The topological polar surface area (TPSA) is 84.6 Å². The van der Waals surface area contributed by atoms with E-state index in [1.54, 1.807) is 0 Å². The van der Waals surface area contributed by atoms with Gasteiger partial charge in [-0.1, -0.05) is 6.42 Å². The summed E-state index contributed by atoms with van der Waals surface area (Å²) in [5.41, 5.74) is 5.74. The van der Waals surface area contributed by atoms with Crippen molar-refractivity contribution in [2.24, 2.45) is 11.1 Å². The number of hydrogen-bond donors (Lipinski definition) is 3. The van der Waals surface area contributed by atoms with Crippen LogP contribution in [0.2, 0.25) is 0 Å². The fourth-order valence-corrected chi connectivity index (χ4v) is 1.96. The van der Waals surface area contributed by atoms with Crippen molar-refractivity contribution < 1.29 is 14.6 Å². The number of amides is 1. The van der Waals surface area contributed by atoms with E-state index in [1.807, 2.05) is 0 Å². The first-order chi connectivity index (χ1) is 7.72. The Morgan fingerprint density at radius 2 is 2.19 bits per heavy atom. The summed E-state index contributed by atoms with van der Waals surface area (Å²) in [4.78, 5) is 11.6. The van der Waals surface area contributed by atoms with E-state index in [-0.39, 0.29) is 17.9 Å². The van der Waals surface area contributed by atoms with Crippen molar-refractivity contribution in [3.05, 3.63) is 0 Å². The lowest BCUT2D eigenvalue weighted by Gasteiger charge is -2.40. The van der Waals surface area contributed by atoms with Gasteiger partial charge in [-0.2, -0.15) is 0 Å². The van der Waals surface area contributed by atoms with Crippen LogP contribution in [0.3, 0.4) is 0 Å². The van der Waals surface area contributed by atoms with Crippen molar-refractivity contribution in [1.82, 2.24) is 5.32 Å². The summed E-state index contributed by atoms with van der Waals surface area (Å²) < 4.78 is 5.04. The molecule has 1 saturated carbocycles. The lowest BCUT2D eigenvalue weighted by atomic mass is 9.66. The fraction of sp³-hybridized carbons (Fsp3) is 0.909. The maximum Gasteiger partial charge on any atom is 0.220 e. The molecule has 0 bridgehead atoms. The number of rotatable bonds is 8. The van der Waals surface area contributed by atoms with Crippen molar-refractivity contribution in [3.63, 3.8) is 0 Å². The number of nitrogens with two attached hydrogens (primary N) is 1. The number of hydrogen-bond acceptors (Lipinski definition) is 4. The molecule has 0 heterocycles. The Morgan fingerprint density at radius 1 is 1.44 bits per heavy atom. The zero-order chi connectivity index (χ0) is 11.9. The zero-order valence-corrected chi connectivity index (χ0v) is 9.71. The van der Waals surface area contributed by atoms with Gasteiger partial charge in [-0.15, -0.1) is 0 Å². The third-order valence-corrected chi connectivity index (χ3v) is 3.19. The van der Waals surface area contributed by atoms with Crippen LogP contribution in [0.4, 0.5) is 0 Å². The molecule has 4 N–H and O–H groups in total. The lowest BCUT2D eigenvalue weighted by molar-refractivity contribution is -0.125. The molecule has 1 fully saturated rings. The predicted octanol–water partition coefficient (Wildman–Crippen LogP) is -0.369. The van der Waals surface area contributed by atoms with Gasteiger partial charge < -0.3 is 20.9 Å². The molecule has 0 atom stereocenters. The number of ether oxygens (including phenoxy) is 1. The molecule has 16 heavy (non-hydrogen) atoms. The lowest BCUT2D eigenvalue weighted by Crippen LogP contribution is -2.42. The van der Waals surface area contributed by atoms with Crippen LogP contribution in [0.15, 0.2) is 0 Å². The summed E-state index contributed by atoms with van der Waals surface area (Å²) in [6.45, 7) is 1.88. The van der Waals surface area contributed by atoms with Gasteiger partial charge in [-0.05, 0) is 24.8 Å². The second-order valence-electron chi connectivity index (χ2n) is 4.42. The van der Waals surface area contributed by atoms with Crippen LogP contribution in [0.1, 0.15) is 25.7 Å². The van der Waals surface area contributed by atoms with Crippen molar-refractivity contribution in [1.29, 1.82) is 0 Å². The van der Waals surface area contributed by atoms with Crippen LogP contribution >= 0.6 is 0 Å². The van der Waals surface area contributed by atoms with Crippen LogP contribution in [-0.2, 0) is 9.53 Å². The highest BCUT2D eigenvalue weighted by molar-refractivity contribution is 5.76. The number of aliphatic hydroxyl groups excluding tert-OH is 1. The average molecular weight is 230 g/mol. The Bertz CT molecular complexity index is 212. The van der Waals surface area contributed by atoms with E-state index in [1.165, 1.54) is 6.42 Å². The highest BCUT2D eigenvalue weighted by atomic mass is 16.5. The van der Waals surface area contributed by atoms with Crippen LogP contribution < -0.4 is 11.1 Å². The Hall–Kier alpha value is -0.650. The molecular formula is C11H22N2O3. The molecular weight excluding hydrogens is 208 g/mol. The summed E-state index contributed by atoms with van der Waals surface area (Å²) >= 11 is 0. The molecule has 0 radical (unpaired) electrons. The molecule has 0 unspecified atom stereocenters. The van der Waals surface area contributed by atoms with E-state index >= 15 is 0 Å². The number of carbonyl (C=O) groups is 1. The van der Waals surface area contributed by atoms with Crippen molar-refractivity contribution >= 4 is 5.91 Å². The largest absolute Gasteiger partial charge is 0.394 e. The van der Waals surface area contributed by atoms with Crippen LogP contribution in [-0.4, -0.2) is 43.9 Å². The van der Waals surface area contributed by atoms with Gasteiger partial charge in [0, 0.05) is 13.0 Å². The van der Waals surface area contributed by atoms with E-state index in [9.17, 15) is 4.79 Å². The van der Waals surface area contributed by atoms with Gasteiger partial charge >= 0.3 is 0 Å². The monoisotopic (exact) mass is 230 g/mol. The summed E-state index contributed by atoms with van der Waals surface area (Å²) in [5, 5.41) is 11.3. The maximum absolute atomic E-state index is 11.6. The second kappa shape index (κ2) is 6.83. The van der Waals surface area contributed by atoms with Gasteiger partial charge in [0.25, 0.3) is 0 Å². The molecule has 5 nitrogen and oxygen atoms in total. The SMILES string of the molecule is NCC1(CC(=O)NCCOCCO)CCC1. The molecule has 94 valence electrons. The minimum atomic E-state index is 0.0181. The van der Waals surface area contributed by atoms with E-state index in [4.69, 9.17) is 15.6 Å². The molecule has 0 spiro atoms. The summed E-state index contributed by atoms with van der Waals surface area (Å²) in [6.07, 6.45) is 3.85. The van der Waals surface area contributed by atoms with Crippen LogP contribution in [0.5, 0.6) is 0 Å². The molecule has 1 aliphatic carbocycles. The fourth-order valence-electron chi connectivity index (χ4n) is 1.96. The van der Waals surface area contributed by atoms with Gasteiger partial charge in [0.15, 0.2) is 0 Å². The minimum absolute atomic E-state index is 0.0181. The van der Waals surface area contributed by atoms with E-state index in [0.717, 1.165) is 12.8 Å². The normalized spacial score (nSPS) is 17.9. The minimum Gasteiger partial charge on any atom is -0.394 e. The molecule has 1 aliphatic rings. The number of nitrogens with one attached hydrogen (secondary N) is 1. The number of aliphatic hydroxyl groups is 1. The molecule has 1 rings (SSSR count). The molecule has 0 aromatic rings. The molecule has 1 amide bonds. The van der Waals surface area contributed by atoms with Gasteiger partial charge in [0.05, 0.1) is 19.8 Å². The first kappa shape index (κ1) is 13.4. The van der Waals surface area contributed by atoms with Crippen molar-refractivity contribution in [2.45, 2.75) is 25.7 Å². The summed E-state index contributed by atoms with van der Waals surface area (Å²) in [5.74, 6) is 0.0535. The van der Waals surface area contributed by atoms with E-state index in [0.29, 0.717) is 32.7 Å². The Labute approximate surface area is 96.3 Å². The van der Waals surface area contributed by atoms with Crippen LogP contribution in [0, 0.1) is 5.41 Å². The highest BCUT2D eigenvalue weighted by Crippen LogP contribution is 2.42. The Kier molecular flexibility index (Phi) is 5.73. The van der Waals surface area contributed by atoms with Crippen molar-refractivity contribution in [2.75, 3.05) is 32.9 Å². The molecule has 0 aromatic heterocycles. The molecule has 0 aromatic carbocycles. The highest BCUT2D eigenvalue weighted by Gasteiger charge is 2.37. The third kappa shape index (κ3) is 4.08. The average Bonchev–Trinajstić information content (AvgIpc) is 2.23. The third-order valence-electron chi connectivity index (χ3n) is 3.19. The quantitative estimate of drug-likeness (QED) is 0.497. The van der Waals surface area contributed by atoms with Gasteiger partial charge in [-0.25, -0.2) is 0 Å². The Morgan fingerprint density at radius 3 is 2.69 bits per heavy atom. The zero-order valence-electron chi connectivity index (χ0n) is 9.71. The summed E-state index contributed by atoms with van der Waals surface area (Å²) in [6, 6.07) is 0. The Balaban J connectivity index is 2.06.